The molecule has 0 N–H and O–H groups in total. The van der Waals surface area contributed by atoms with Crippen molar-refractivity contribution in [3.63, 3.8) is 0 Å². The summed E-state index contributed by atoms with van der Waals surface area (Å²) in [6.07, 6.45) is 0. The number of carbonyl (C=O) groups is 1. The lowest BCUT2D eigenvalue weighted by molar-refractivity contribution is -0.124. The van der Waals surface area contributed by atoms with Crippen molar-refractivity contribution >= 4 is 5.91 Å². The second kappa shape index (κ2) is 4.32. The quantitative estimate of drug-likeness (QED) is 0.430. The number of hydrogen-bond donors (Lipinski definition) is 0. The van der Waals surface area contributed by atoms with Gasteiger partial charge in [0.1, 0.15) is 0 Å². The van der Waals surface area contributed by atoms with Gasteiger partial charge < -0.3 is 0 Å². The first kappa shape index (κ1) is 9.34. The molecule has 0 unspecified atom stereocenters. The van der Waals surface area contributed by atoms with E-state index < -0.39 is 0 Å². The highest BCUT2D eigenvalue weighted by Gasteiger charge is 1.94. The van der Waals surface area contributed by atoms with Gasteiger partial charge in [-0.3, -0.25) is 9.69 Å². The summed E-state index contributed by atoms with van der Waals surface area (Å²) in [5.41, 5.74) is 0.913. The van der Waals surface area contributed by atoms with Crippen LogP contribution in [0.15, 0.2) is 30.3 Å². The van der Waals surface area contributed by atoms with Crippen molar-refractivity contribution < 1.29 is 4.79 Å². The zero-order valence-electron chi connectivity index (χ0n) is 7.74. The van der Waals surface area contributed by atoms with E-state index in [9.17, 15) is 4.79 Å². The van der Waals surface area contributed by atoms with Gasteiger partial charge in [-0.15, -0.1) is 0 Å². The van der Waals surface area contributed by atoms with E-state index >= 15 is 0 Å². The summed E-state index contributed by atoms with van der Waals surface area (Å²) in [4.78, 5) is 12.2. The lowest BCUT2D eigenvalue weighted by Gasteiger charge is -2.02. The Kier molecular flexibility index (Phi) is 3.10. The van der Waals surface area contributed by atoms with E-state index in [1.54, 1.807) is 7.05 Å². The largest absolute Gasteiger partial charge is 0.274 e. The molecule has 1 aromatic carbocycles. The molecule has 0 aromatic heterocycles. The highest BCUT2D eigenvalue weighted by Crippen LogP contribution is 1.94. The molecule has 1 rings (SSSR count). The molecule has 0 saturated heterocycles. The fourth-order valence-electron chi connectivity index (χ4n) is 0.749. The fourth-order valence-corrected chi connectivity index (χ4v) is 0.749. The van der Waals surface area contributed by atoms with Crippen LogP contribution in [-0.2, 0) is 4.79 Å². The molecule has 0 radical (unpaired) electrons. The molecule has 0 spiro atoms. The second-order valence-electron chi connectivity index (χ2n) is 2.68. The molecule has 66 valence electrons. The SMILES string of the molecule is CC(=O)N(C)C#Cc1ccccc1. The van der Waals surface area contributed by atoms with Crippen LogP contribution in [0, 0.1) is 12.0 Å². The molecule has 1 aromatic rings. The minimum absolute atomic E-state index is 0.0524. The third-order valence-electron chi connectivity index (χ3n) is 1.61. The molecule has 0 atom stereocenters. The first-order chi connectivity index (χ1) is 6.20. The number of rotatable bonds is 0. The van der Waals surface area contributed by atoms with Gasteiger partial charge >= 0.3 is 0 Å². The van der Waals surface area contributed by atoms with Crippen LogP contribution in [-0.4, -0.2) is 17.9 Å². The minimum Gasteiger partial charge on any atom is -0.274 e. The standard InChI is InChI=1S/C11H11NO/c1-10(13)12(2)9-8-11-6-4-3-5-7-11/h3-7H,1-2H3. The van der Waals surface area contributed by atoms with Crippen molar-refractivity contribution in [2.45, 2.75) is 6.92 Å². The Labute approximate surface area is 78.2 Å². The summed E-state index contributed by atoms with van der Waals surface area (Å²) in [5, 5.41) is 0. The molecular formula is C11H11NO. The van der Waals surface area contributed by atoms with Crippen LogP contribution < -0.4 is 0 Å². The Balaban J connectivity index is 2.73. The second-order valence-corrected chi connectivity index (χ2v) is 2.68. The van der Waals surface area contributed by atoms with Gasteiger partial charge in [0.2, 0.25) is 5.91 Å². The summed E-state index contributed by atoms with van der Waals surface area (Å²) in [7, 11) is 1.65. The molecule has 0 fully saturated rings. The lowest BCUT2D eigenvalue weighted by Crippen LogP contribution is -2.17. The number of hydrogen-bond acceptors (Lipinski definition) is 1. The molecule has 0 bridgehead atoms. The maximum Gasteiger partial charge on any atom is 0.230 e. The third kappa shape index (κ3) is 3.00. The van der Waals surface area contributed by atoms with E-state index in [1.807, 2.05) is 30.3 Å². The maximum atomic E-state index is 10.8. The number of benzene rings is 1. The maximum absolute atomic E-state index is 10.8. The predicted molar refractivity (Wildman–Crippen MR) is 51.8 cm³/mol. The van der Waals surface area contributed by atoms with Crippen molar-refractivity contribution in [2.75, 3.05) is 7.05 Å². The molecule has 1 amide bonds. The van der Waals surface area contributed by atoms with Gasteiger partial charge in [0.15, 0.2) is 0 Å². The molecule has 2 heteroatoms. The summed E-state index contributed by atoms with van der Waals surface area (Å²) < 4.78 is 0. The average molecular weight is 173 g/mol. The average Bonchev–Trinajstić information content (AvgIpc) is 2.15. The molecule has 2 nitrogen and oxygen atoms in total. The summed E-state index contributed by atoms with van der Waals surface area (Å²) in [6.45, 7) is 1.49. The Morgan fingerprint density at radius 1 is 1.31 bits per heavy atom. The summed E-state index contributed by atoms with van der Waals surface area (Å²) in [6, 6.07) is 12.3. The molecule has 0 heterocycles. The van der Waals surface area contributed by atoms with Crippen molar-refractivity contribution in [2.24, 2.45) is 0 Å². The van der Waals surface area contributed by atoms with E-state index in [-0.39, 0.29) is 5.91 Å². The monoisotopic (exact) mass is 173 g/mol. The van der Waals surface area contributed by atoms with Gasteiger partial charge in [0.05, 0.1) is 0 Å². The Morgan fingerprint density at radius 3 is 2.46 bits per heavy atom. The molecule has 0 aliphatic rings. The van der Waals surface area contributed by atoms with E-state index in [0.29, 0.717) is 0 Å². The Hall–Kier alpha value is -1.75. The zero-order valence-corrected chi connectivity index (χ0v) is 7.74. The molecule has 13 heavy (non-hydrogen) atoms. The fraction of sp³-hybridized carbons (Fsp3) is 0.182. The highest BCUT2D eigenvalue weighted by molar-refractivity contribution is 5.74. The van der Waals surface area contributed by atoms with Gasteiger partial charge in [-0.25, -0.2) is 0 Å². The minimum atomic E-state index is -0.0524. The normalized spacial score (nSPS) is 8.46. The molecule has 0 aliphatic carbocycles. The van der Waals surface area contributed by atoms with Gasteiger partial charge in [-0.1, -0.05) is 18.2 Å². The van der Waals surface area contributed by atoms with Crippen LogP contribution in [0.2, 0.25) is 0 Å². The number of carbonyl (C=O) groups excluding carboxylic acids is 1. The third-order valence-corrected chi connectivity index (χ3v) is 1.61. The van der Waals surface area contributed by atoms with Crippen LogP contribution in [0.1, 0.15) is 12.5 Å². The predicted octanol–water partition coefficient (Wildman–Crippen LogP) is 1.47. The molecule has 0 saturated carbocycles. The van der Waals surface area contributed by atoms with E-state index in [4.69, 9.17) is 0 Å². The van der Waals surface area contributed by atoms with Crippen molar-refractivity contribution in [3.05, 3.63) is 35.9 Å². The summed E-state index contributed by atoms with van der Waals surface area (Å²) >= 11 is 0. The topological polar surface area (TPSA) is 20.3 Å². The number of amides is 1. The zero-order chi connectivity index (χ0) is 9.68. The van der Waals surface area contributed by atoms with Gasteiger partial charge in [-0.2, -0.15) is 0 Å². The summed E-state index contributed by atoms with van der Waals surface area (Å²) in [5.74, 6) is 2.83. The van der Waals surface area contributed by atoms with Crippen LogP contribution in [0.5, 0.6) is 0 Å². The first-order valence-corrected chi connectivity index (χ1v) is 4.01. The van der Waals surface area contributed by atoms with Crippen molar-refractivity contribution in [1.29, 1.82) is 0 Å². The van der Waals surface area contributed by atoms with E-state index in [1.165, 1.54) is 11.8 Å². The Morgan fingerprint density at radius 2 is 1.92 bits per heavy atom. The van der Waals surface area contributed by atoms with E-state index in [2.05, 4.69) is 12.0 Å². The molecule has 0 aliphatic heterocycles. The smallest absolute Gasteiger partial charge is 0.230 e. The lowest BCUT2D eigenvalue weighted by atomic mass is 10.2. The molecular weight excluding hydrogens is 162 g/mol. The van der Waals surface area contributed by atoms with Crippen LogP contribution in [0.25, 0.3) is 0 Å². The van der Waals surface area contributed by atoms with Gasteiger partial charge in [0.25, 0.3) is 0 Å². The first-order valence-electron chi connectivity index (χ1n) is 4.01. The van der Waals surface area contributed by atoms with Crippen LogP contribution in [0.4, 0.5) is 0 Å². The van der Waals surface area contributed by atoms with Gasteiger partial charge in [-0.05, 0) is 18.1 Å². The highest BCUT2D eigenvalue weighted by atomic mass is 16.2. The van der Waals surface area contributed by atoms with Crippen molar-refractivity contribution in [1.82, 2.24) is 4.90 Å². The Bertz CT molecular complexity index is 345. The van der Waals surface area contributed by atoms with Gasteiger partial charge in [0, 0.05) is 25.6 Å². The van der Waals surface area contributed by atoms with E-state index in [0.717, 1.165) is 5.56 Å². The van der Waals surface area contributed by atoms with Crippen molar-refractivity contribution in [3.8, 4) is 12.0 Å². The van der Waals surface area contributed by atoms with Crippen LogP contribution >= 0.6 is 0 Å². The number of nitrogens with zero attached hydrogens (tertiary/aromatic N) is 1. The van der Waals surface area contributed by atoms with Crippen LogP contribution in [0.3, 0.4) is 0 Å².